The molecule has 0 radical (unpaired) electrons. The van der Waals surface area contributed by atoms with Crippen LogP contribution in [0, 0.1) is 0 Å². The first-order valence-corrected chi connectivity index (χ1v) is 14.9. The van der Waals surface area contributed by atoms with E-state index in [4.69, 9.17) is 0 Å². The fraction of sp³-hybridized carbons (Fsp3) is 0.286. The van der Waals surface area contributed by atoms with Gasteiger partial charge in [-0.3, -0.25) is 19.1 Å². The molecule has 0 aromatic heterocycles. The minimum atomic E-state index is -4.57. The van der Waals surface area contributed by atoms with Gasteiger partial charge in [0.05, 0.1) is 21.2 Å². The van der Waals surface area contributed by atoms with Crippen LogP contribution < -0.4 is 0 Å². The number of aromatic hydroxyl groups is 2. The summed E-state index contributed by atoms with van der Waals surface area (Å²) in [6.45, 7) is 10.7. The maximum Gasteiger partial charge on any atom is 0.294 e. The summed E-state index contributed by atoms with van der Waals surface area (Å²) in [5.41, 5.74) is -0.0266. The second kappa shape index (κ2) is 10.8. The summed E-state index contributed by atoms with van der Waals surface area (Å²) in [4.78, 5) is 7.92. The Morgan fingerprint density at radius 1 is 0.625 bits per heavy atom. The zero-order chi connectivity index (χ0) is 30.3. The van der Waals surface area contributed by atoms with Crippen molar-refractivity contribution < 1.29 is 36.2 Å². The van der Waals surface area contributed by atoms with Crippen molar-refractivity contribution in [2.75, 3.05) is 0 Å². The van der Waals surface area contributed by atoms with E-state index in [1.807, 2.05) is 0 Å². The lowest BCUT2D eigenvalue weighted by Crippen LogP contribution is -2.14. The topological polar surface area (TPSA) is 174 Å². The van der Waals surface area contributed by atoms with Gasteiger partial charge in [0, 0.05) is 34.7 Å². The van der Waals surface area contributed by atoms with Gasteiger partial charge in [0.15, 0.2) is 0 Å². The van der Waals surface area contributed by atoms with Gasteiger partial charge in [0.2, 0.25) is 0 Å². The summed E-state index contributed by atoms with van der Waals surface area (Å²) in [5, 5.41) is 21.7. The molecule has 0 amide bonds. The highest BCUT2D eigenvalue weighted by molar-refractivity contribution is 7.86. The summed E-state index contributed by atoms with van der Waals surface area (Å²) in [5.74, 6) is -0.405. The van der Waals surface area contributed by atoms with Crippen LogP contribution in [0.1, 0.15) is 63.8 Å². The fourth-order valence-electron chi connectivity index (χ4n) is 3.86. The van der Waals surface area contributed by atoms with Gasteiger partial charge in [-0.05, 0) is 47.2 Å². The second-order valence-electron chi connectivity index (χ2n) is 11.3. The fourth-order valence-corrected chi connectivity index (χ4v) is 4.94. The largest absolute Gasteiger partial charge is 0.507 e. The maximum atomic E-state index is 11.9. The third kappa shape index (κ3) is 7.13. The lowest BCUT2D eigenvalue weighted by molar-refractivity contribution is 0.442. The monoisotopic (exact) mass is 588 g/mol. The van der Waals surface area contributed by atoms with Crippen LogP contribution in [0.5, 0.6) is 11.5 Å². The number of para-hydroxylation sites is 2. The Bertz CT molecular complexity index is 1600. The van der Waals surface area contributed by atoms with E-state index in [2.05, 4.69) is 9.98 Å². The molecule has 0 spiro atoms. The molecule has 3 aromatic carbocycles. The van der Waals surface area contributed by atoms with E-state index in [-0.39, 0.29) is 22.6 Å². The van der Waals surface area contributed by atoms with Crippen molar-refractivity contribution in [1.29, 1.82) is 0 Å². The first-order valence-electron chi connectivity index (χ1n) is 12.1. The van der Waals surface area contributed by atoms with E-state index in [0.717, 1.165) is 12.1 Å². The molecule has 10 nitrogen and oxygen atoms in total. The predicted molar refractivity (Wildman–Crippen MR) is 154 cm³/mol. The van der Waals surface area contributed by atoms with Crippen molar-refractivity contribution in [3.63, 3.8) is 0 Å². The van der Waals surface area contributed by atoms with E-state index in [1.54, 1.807) is 65.8 Å². The van der Waals surface area contributed by atoms with Gasteiger partial charge in [-0.1, -0.05) is 53.7 Å². The van der Waals surface area contributed by atoms with Gasteiger partial charge >= 0.3 is 0 Å². The van der Waals surface area contributed by atoms with E-state index in [1.165, 1.54) is 24.6 Å². The number of hydrogen-bond donors (Lipinski definition) is 4. The predicted octanol–water partition coefficient (Wildman–Crippen LogP) is 5.69. The highest BCUT2D eigenvalue weighted by Gasteiger charge is 2.25. The van der Waals surface area contributed by atoms with Crippen molar-refractivity contribution in [3.8, 4) is 11.5 Å². The highest BCUT2D eigenvalue weighted by atomic mass is 32.2. The van der Waals surface area contributed by atoms with Crippen LogP contribution >= 0.6 is 0 Å². The molecular weight excluding hydrogens is 556 g/mol. The summed E-state index contributed by atoms with van der Waals surface area (Å²) in [6.07, 6.45) is 2.48. The molecule has 0 aliphatic rings. The van der Waals surface area contributed by atoms with E-state index >= 15 is 0 Å². The average Bonchev–Trinajstić information content (AvgIpc) is 2.80. The molecule has 40 heavy (non-hydrogen) atoms. The van der Waals surface area contributed by atoms with Crippen molar-refractivity contribution >= 4 is 44.0 Å². The number of benzene rings is 3. The molecule has 0 unspecified atom stereocenters. The van der Waals surface area contributed by atoms with Gasteiger partial charge in [0.25, 0.3) is 20.2 Å². The lowest BCUT2D eigenvalue weighted by atomic mass is 9.85. The van der Waals surface area contributed by atoms with Crippen LogP contribution in [-0.4, -0.2) is 48.6 Å². The van der Waals surface area contributed by atoms with Crippen LogP contribution in [-0.2, 0) is 31.1 Å². The van der Waals surface area contributed by atoms with Crippen molar-refractivity contribution in [3.05, 3.63) is 70.8 Å². The normalized spacial score (nSPS) is 13.4. The van der Waals surface area contributed by atoms with Crippen LogP contribution in [0.2, 0.25) is 0 Å². The lowest BCUT2D eigenvalue weighted by Gasteiger charge is -2.22. The minimum Gasteiger partial charge on any atom is -0.507 e. The van der Waals surface area contributed by atoms with Crippen LogP contribution in [0.3, 0.4) is 0 Å². The molecule has 0 bridgehead atoms. The molecule has 0 aliphatic carbocycles. The Morgan fingerprint density at radius 3 is 1.23 bits per heavy atom. The van der Waals surface area contributed by atoms with Gasteiger partial charge < -0.3 is 10.2 Å². The standard InChI is InChI=1S/C28H32N2O8S2/c1-27(2,3)21-13-19(39(33,34)35)11-17(25(21)31)15-29-23-9-7-8-10-24(23)30-16-18-12-20(40(36,37)38)14-22(26(18)32)28(4,5)6/h7-16,31-32H,1-6H3,(H,33,34,35)(H,36,37,38). The van der Waals surface area contributed by atoms with Gasteiger partial charge in [-0.2, -0.15) is 16.8 Å². The van der Waals surface area contributed by atoms with Crippen molar-refractivity contribution in [2.24, 2.45) is 9.98 Å². The summed E-state index contributed by atoms with van der Waals surface area (Å²) in [7, 11) is -9.14. The Labute approximate surface area is 234 Å². The number of rotatable bonds is 6. The van der Waals surface area contributed by atoms with Gasteiger partial charge in [0.1, 0.15) is 11.5 Å². The molecule has 3 rings (SSSR count). The Morgan fingerprint density at radius 2 is 0.950 bits per heavy atom. The summed E-state index contributed by atoms with van der Waals surface area (Å²) in [6, 6.07) is 11.2. The maximum absolute atomic E-state index is 11.9. The molecule has 0 saturated heterocycles. The Hall–Kier alpha value is -3.58. The third-order valence-corrected chi connectivity index (χ3v) is 7.67. The van der Waals surface area contributed by atoms with Crippen molar-refractivity contribution in [1.82, 2.24) is 0 Å². The molecule has 0 fully saturated rings. The van der Waals surface area contributed by atoms with E-state index in [9.17, 15) is 36.2 Å². The minimum absolute atomic E-state index is 0.0483. The van der Waals surface area contributed by atoms with Gasteiger partial charge in [-0.25, -0.2) is 0 Å². The Balaban J connectivity index is 2.12. The molecule has 4 N–H and O–H groups in total. The zero-order valence-electron chi connectivity index (χ0n) is 22.9. The van der Waals surface area contributed by atoms with E-state index in [0.29, 0.717) is 22.5 Å². The quantitative estimate of drug-likeness (QED) is 0.210. The zero-order valence-corrected chi connectivity index (χ0v) is 24.5. The molecule has 3 aromatic rings. The third-order valence-electron chi connectivity index (χ3n) is 6.00. The smallest absolute Gasteiger partial charge is 0.294 e. The Kier molecular flexibility index (Phi) is 8.33. The van der Waals surface area contributed by atoms with Crippen LogP contribution in [0.25, 0.3) is 0 Å². The molecule has 0 atom stereocenters. The van der Waals surface area contributed by atoms with Crippen LogP contribution in [0.4, 0.5) is 11.4 Å². The summed E-state index contributed by atoms with van der Waals surface area (Å²) >= 11 is 0. The molecule has 214 valence electrons. The number of aliphatic imine (C=N–C) groups is 2. The number of phenols is 2. The molecular formula is C28H32N2O8S2. The average molecular weight is 589 g/mol. The number of hydrogen-bond acceptors (Lipinski definition) is 8. The molecule has 12 heteroatoms. The van der Waals surface area contributed by atoms with Crippen molar-refractivity contribution in [2.45, 2.75) is 62.2 Å². The SMILES string of the molecule is CC(C)(C)c1cc(S(=O)(=O)O)cc(C=Nc2ccccc2N=Cc2cc(S(=O)(=O)O)cc(C(C)(C)C)c2O)c1O. The number of nitrogens with zero attached hydrogens (tertiary/aromatic N) is 2. The number of phenolic OH excluding ortho intramolecular Hbond substituents is 2. The molecule has 0 heterocycles. The summed E-state index contributed by atoms with van der Waals surface area (Å²) < 4.78 is 66.7. The first-order chi connectivity index (χ1) is 18.2. The van der Waals surface area contributed by atoms with Crippen LogP contribution in [0.15, 0.2) is 68.3 Å². The molecule has 0 saturated carbocycles. The van der Waals surface area contributed by atoms with Gasteiger partial charge in [-0.15, -0.1) is 0 Å². The second-order valence-corrected chi connectivity index (χ2v) is 14.1. The van der Waals surface area contributed by atoms with E-state index < -0.39 is 40.9 Å². The molecule has 0 aliphatic heterocycles. The highest BCUT2D eigenvalue weighted by Crippen LogP contribution is 2.37. The first kappa shape index (κ1) is 31.0.